The van der Waals surface area contributed by atoms with Crippen LogP contribution in [0.2, 0.25) is 0 Å². The molecule has 0 aliphatic carbocycles. The van der Waals surface area contributed by atoms with E-state index in [2.05, 4.69) is 10.1 Å². The number of carbonyl (C=O) groups excluding carboxylic acids is 1. The van der Waals surface area contributed by atoms with E-state index in [4.69, 9.17) is 9.26 Å². The molecule has 1 aliphatic heterocycles. The third-order valence-electron chi connectivity index (χ3n) is 4.06. The van der Waals surface area contributed by atoms with Gasteiger partial charge in [-0.3, -0.25) is 4.79 Å². The highest BCUT2D eigenvalue weighted by molar-refractivity contribution is 5.86. The van der Waals surface area contributed by atoms with Gasteiger partial charge in [0.15, 0.2) is 5.58 Å². The second kappa shape index (κ2) is 6.36. The summed E-state index contributed by atoms with van der Waals surface area (Å²) in [6.45, 7) is 4.15. The molecule has 0 saturated carbocycles. The van der Waals surface area contributed by atoms with Crippen molar-refractivity contribution in [2.45, 2.75) is 19.8 Å². The summed E-state index contributed by atoms with van der Waals surface area (Å²) in [4.78, 5) is 13.8. The molecular weight excluding hydrogens is 284 g/mol. The molecule has 1 aromatic heterocycles. The number of fused-ring (bicyclic) bond motifs is 1. The maximum Gasteiger partial charge on any atom is 0.312 e. The second-order valence-electron chi connectivity index (χ2n) is 5.57. The Kier molecular flexibility index (Phi) is 4.29. The zero-order chi connectivity index (χ0) is 15.5. The highest BCUT2D eigenvalue weighted by Crippen LogP contribution is 2.28. The summed E-state index contributed by atoms with van der Waals surface area (Å²) in [6.07, 6.45) is 1.12. The van der Waals surface area contributed by atoms with E-state index in [1.54, 1.807) is 6.92 Å². The van der Waals surface area contributed by atoms with Gasteiger partial charge in [-0.2, -0.15) is 0 Å². The number of carbonyl (C=O) groups is 1. The third-order valence-corrected chi connectivity index (χ3v) is 4.06. The van der Waals surface area contributed by atoms with E-state index in [9.17, 15) is 9.90 Å². The maximum absolute atomic E-state index is 11.6. The number of benzene rings is 1. The molecule has 22 heavy (non-hydrogen) atoms. The lowest BCUT2D eigenvalue weighted by molar-refractivity contribution is -0.142. The third kappa shape index (κ3) is 2.92. The van der Waals surface area contributed by atoms with E-state index >= 15 is 0 Å². The Morgan fingerprint density at radius 1 is 1.55 bits per heavy atom. The van der Waals surface area contributed by atoms with E-state index in [1.807, 2.05) is 18.2 Å². The van der Waals surface area contributed by atoms with Gasteiger partial charge < -0.3 is 19.3 Å². The summed E-state index contributed by atoms with van der Waals surface area (Å²) in [5.74, 6) is 0.0388. The summed E-state index contributed by atoms with van der Waals surface area (Å²) in [7, 11) is 0. The monoisotopic (exact) mass is 304 g/mol. The van der Waals surface area contributed by atoms with Crippen molar-refractivity contribution < 1.29 is 19.2 Å². The SMILES string of the molecule is CCOC(=O)Cc1noc2cc(N3CC[C@H](CO)C3)ccc12. The standard InChI is InChI=1S/C16H20N2O4/c1-2-21-16(20)8-14-13-4-3-12(7-15(13)22-17-14)18-6-5-11(9-18)10-19/h3-4,7,11,19H,2,5-6,8-10H2,1H3/t11-/m0/s1. The summed E-state index contributed by atoms with van der Waals surface area (Å²) in [5.41, 5.74) is 2.33. The number of esters is 1. The molecule has 1 aromatic carbocycles. The van der Waals surface area contributed by atoms with Gasteiger partial charge in [-0.25, -0.2) is 0 Å². The molecule has 1 saturated heterocycles. The molecule has 0 amide bonds. The lowest BCUT2D eigenvalue weighted by Crippen LogP contribution is -2.20. The largest absolute Gasteiger partial charge is 0.466 e. The Labute approximate surface area is 128 Å². The molecule has 1 N–H and O–H groups in total. The zero-order valence-corrected chi connectivity index (χ0v) is 12.6. The number of ether oxygens (including phenoxy) is 1. The number of nitrogens with zero attached hydrogens (tertiary/aromatic N) is 2. The van der Waals surface area contributed by atoms with E-state index in [0.717, 1.165) is 30.6 Å². The molecule has 0 spiro atoms. The van der Waals surface area contributed by atoms with Gasteiger partial charge in [0.2, 0.25) is 0 Å². The molecule has 0 bridgehead atoms. The average molecular weight is 304 g/mol. The normalized spacial score (nSPS) is 18.1. The predicted molar refractivity (Wildman–Crippen MR) is 81.8 cm³/mol. The van der Waals surface area contributed by atoms with E-state index < -0.39 is 0 Å². The van der Waals surface area contributed by atoms with E-state index in [1.165, 1.54) is 0 Å². The van der Waals surface area contributed by atoms with Gasteiger partial charge in [-0.1, -0.05) is 5.16 Å². The van der Waals surface area contributed by atoms with Gasteiger partial charge >= 0.3 is 5.97 Å². The van der Waals surface area contributed by atoms with Crippen LogP contribution in [-0.4, -0.2) is 42.5 Å². The Bertz CT molecular complexity index is 667. The molecule has 0 radical (unpaired) electrons. The number of rotatable bonds is 5. The van der Waals surface area contributed by atoms with Crippen molar-refractivity contribution in [3.8, 4) is 0 Å². The average Bonchev–Trinajstić information content (AvgIpc) is 3.14. The van der Waals surface area contributed by atoms with Crippen LogP contribution < -0.4 is 4.90 Å². The van der Waals surface area contributed by atoms with Gasteiger partial charge in [-0.15, -0.1) is 0 Å². The molecule has 2 aromatic rings. The minimum Gasteiger partial charge on any atom is -0.466 e. The van der Waals surface area contributed by atoms with Crippen LogP contribution in [0.1, 0.15) is 19.0 Å². The van der Waals surface area contributed by atoms with Gasteiger partial charge in [0, 0.05) is 42.8 Å². The molecule has 0 unspecified atom stereocenters. The van der Waals surface area contributed by atoms with Crippen LogP contribution in [0.3, 0.4) is 0 Å². The first-order chi connectivity index (χ1) is 10.7. The number of aromatic nitrogens is 1. The summed E-state index contributed by atoms with van der Waals surface area (Å²) >= 11 is 0. The lowest BCUT2D eigenvalue weighted by Gasteiger charge is -2.18. The van der Waals surface area contributed by atoms with Crippen LogP contribution in [-0.2, 0) is 16.0 Å². The van der Waals surface area contributed by atoms with E-state index in [-0.39, 0.29) is 19.0 Å². The Morgan fingerprint density at radius 2 is 2.41 bits per heavy atom. The van der Waals surface area contributed by atoms with Crippen LogP contribution >= 0.6 is 0 Å². The van der Waals surface area contributed by atoms with Crippen molar-refractivity contribution in [3.63, 3.8) is 0 Å². The molecule has 1 atom stereocenters. The molecule has 6 nitrogen and oxygen atoms in total. The number of aliphatic hydroxyl groups excluding tert-OH is 1. The van der Waals surface area contributed by atoms with Gasteiger partial charge in [-0.05, 0) is 25.5 Å². The maximum atomic E-state index is 11.6. The quantitative estimate of drug-likeness (QED) is 0.848. The molecular formula is C16H20N2O4. The minimum absolute atomic E-state index is 0.122. The number of hydrogen-bond acceptors (Lipinski definition) is 6. The van der Waals surface area contributed by atoms with Crippen molar-refractivity contribution >= 4 is 22.6 Å². The first-order valence-electron chi connectivity index (χ1n) is 7.61. The fourth-order valence-electron chi connectivity index (χ4n) is 2.87. The lowest BCUT2D eigenvalue weighted by atomic mass is 10.1. The molecule has 2 heterocycles. The van der Waals surface area contributed by atoms with Crippen LogP contribution in [0.5, 0.6) is 0 Å². The Morgan fingerprint density at radius 3 is 3.14 bits per heavy atom. The summed E-state index contributed by atoms with van der Waals surface area (Å²) < 4.78 is 10.3. The predicted octanol–water partition coefficient (Wildman–Crippen LogP) is 1.75. The zero-order valence-electron chi connectivity index (χ0n) is 12.6. The van der Waals surface area contributed by atoms with Crippen LogP contribution in [0.25, 0.3) is 11.0 Å². The molecule has 118 valence electrons. The van der Waals surface area contributed by atoms with Gasteiger partial charge in [0.05, 0.1) is 13.0 Å². The number of hydrogen-bond donors (Lipinski definition) is 1. The van der Waals surface area contributed by atoms with Crippen molar-refractivity contribution in [1.29, 1.82) is 0 Å². The smallest absolute Gasteiger partial charge is 0.312 e. The molecule has 1 fully saturated rings. The molecule has 3 rings (SSSR count). The number of aliphatic hydroxyl groups is 1. The molecule has 1 aliphatic rings. The Balaban J connectivity index is 1.79. The number of anilines is 1. The highest BCUT2D eigenvalue weighted by atomic mass is 16.5. The molecule has 6 heteroatoms. The van der Waals surface area contributed by atoms with Crippen molar-refractivity contribution in [2.75, 3.05) is 31.2 Å². The van der Waals surface area contributed by atoms with Gasteiger partial charge in [0.25, 0.3) is 0 Å². The fraction of sp³-hybridized carbons (Fsp3) is 0.500. The van der Waals surface area contributed by atoms with Crippen molar-refractivity contribution in [1.82, 2.24) is 5.16 Å². The van der Waals surface area contributed by atoms with Gasteiger partial charge in [0.1, 0.15) is 5.69 Å². The van der Waals surface area contributed by atoms with Crippen LogP contribution in [0, 0.1) is 5.92 Å². The summed E-state index contributed by atoms with van der Waals surface area (Å²) in [5, 5.41) is 14.1. The highest BCUT2D eigenvalue weighted by Gasteiger charge is 2.23. The summed E-state index contributed by atoms with van der Waals surface area (Å²) in [6, 6.07) is 5.88. The van der Waals surface area contributed by atoms with Crippen LogP contribution in [0.4, 0.5) is 5.69 Å². The first kappa shape index (κ1) is 14.8. The topological polar surface area (TPSA) is 75.8 Å². The first-order valence-corrected chi connectivity index (χ1v) is 7.61. The Hall–Kier alpha value is -2.08. The minimum atomic E-state index is -0.299. The van der Waals surface area contributed by atoms with Crippen LogP contribution in [0.15, 0.2) is 22.7 Å². The van der Waals surface area contributed by atoms with Crippen molar-refractivity contribution in [2.24, 2.45) is 5.92 Å². The fourth-order valence-corrected chi connectivity index (χ4v) is 2.87. The second-order valence-corrected chi connectivity index (χ2v) is 5.57. The van der Waals surface area contributed by atoms with Crippen molar-refractivity contribution in [3.05, 3.63) is 23.9 Å². The van der Waals surface area contributed by atoms with E-state index in [0.29, 0.717) is 23.8 Å².